The number of aryl methyl sites for hydroxylation is 1. The molecule has 1 unspecified atom stereocenters. The van der Waals surface area contributed by atoms with Crippen molar-refractivity contribution in [1.29, 1.82) is 0 Å². The van der Waals surface area contributed by atoms with Gasteiger partial charge in [-0.3, -0.25) is 5.10 Å². The Morgan fingerprint density at radius 1 is 1.47 bits per heavy atom. The number of hydrogen-bond acceptors (Lipinski definition) is 5. The fraction of sp³-hybridized carbons (Fsp3) is 0.727. The van der Waals surface area contributed by atoms with Gasteiger partial charge in [-0.25, -0.2) is 8.42 Å². The molecular formula is C11H21N5O2S. The number of rotatable bonds is 3. The summed E-state index contributed by atoms with van der Waals surface area (Å²) in [5.74, 6) is 0. The number of aromatic nitrogens is 2. The van der Waals surface area contributed by atoms with E-state index in [0.717, 1.165) is 13.1 Å². The normalized spacial score (nSPS) is 22.8. The second-order valence-electron chi connectivity index (χ2n) is 5.06. The number of H-pyrrole nitrogens is 1. The van der Waals surface area contributed by atoms with E-state index in [1.54, 1.807) is 6.92 Å². The van der Waals surface area contributed by atoms with Crippen LogP contribution in [0, 0.1) is 6.92 Å². The Balaban J connectivity index is 2.37. The molecule has 1 saturated heterocycles. The van der Waals surface area contributed by atoms with Gasteiger partial charge in [-0.1, -0.05) is 0 Å². The van der Waals surface area contributed by atoms with Gasteiger partial charge in [0.2, 0.25) is 0 Å². The zero-order valence-electron chi connectivity index (χ0n) is 11.5. The van der Waals surface area contributed by atoms with Crippen molar-refractivity contribution >= 4 is 10.0 Å². The van der Waals surface area contributed by atoms with E-state index in [1.165, 1.54) is 4.31 Å². The van der Waals surface area contributed by atoms with Gasteiger partial charge >= 0.3 is 0 Å². The highest BCUT2D eigenvalue weighted by Crippen LogP contribution is 2.23. The standard InChI is InChI=1S/C11H21N5O2S/c1-8-7-15(3)4-5-16(8)19(17,18)11-10(6-12)9(2)13-14-11/h8H,4-7,12H2,1-3H3,(H,13,14). The monoisotopic (exact) mass is 287 g/mol. The first-order chi connectivity index (χ1) is 8.87. The molecule has 1 aliphatic rings. The van der Waals surface area contributed by atoms with Gasteiger partial charge in [0.25, 0.3) is 10.0 Å². The third-order valence-corrected chi connectivity index (χ3v) is 5.55. The number of hydrogen-bond donors (Lipinski definition) is 2. The minimum absolute atomic E-state index is 0.0635. The second-order valence-corrected chi connectivity index (χ2v) is 6.87. The van der Waals surface area contributed by atoms with Crippen LogP contribution < -0.4 is 5.73 Å². The van der Waals surface area contributed by atoms with Crippen molar-refractivity contribution in [2.75, 3.05) is 26.7 Å². The van der Waals surface area contributed by atoms with Crippen LogP contribution in [0.1, 0.15) is 18.2 Å². The van der Waals surface area contributed by atoms with Crippen LogP contribution in [0.4, 0.5) is 0 Å². The third-order valence-electron chi connectivity index (χ3n) is 3.56. The minimum Gasteiger partial charge on any atom is -0.326 e. The number of sulfonamides is 1. The molecule has 108 valence electrons. The zero-order valence-corrected chi connectivity index (χ0v) is 12.4. The molecule has 8 heteroatoms. The molecule has 0 spiro atoms. The zero-order chi connectivity index (χ0) is 14.2. The molecule has 7 nitrogen and oxygen atoms in total. The van der Waals surface area contributed by atoms with Crippen LogP contribution in [0.25, 0.3) is 0 Å². The molecule has 0 aliphatic carbocycles. The molecule has 0 aromatic carbocycles. The van der Waals surface area contributed by atoms with E-state index in [0.29, 0.717) is 17.8 Å². The molecule has 3 N–H and O–H groups in total. The van der Waals surface area contributed by atoms with E-state index in [-0.39, 0.29) is 17.6 Å². The van der Waals surface area contributed by atoms with Crippen LogP contribution in [0.5, 0.6) is 0 Å². The first-order valence-corrected chi connectivity index (χ1v) is 7.76. The summed E-state index contributed by atoms with van der Waals surface area (Å²) in [6.07, 6.45) is 0. The summed E-state index contributed by atoms with van der Waals surface area (Å²) in [4.78, 5) is 2.12. The maximum absolute atomic E-state index is 12.7. The van der Waals surface area contributed by atoms with Crippen LogP contribution in [-0.4, -0.2) is 60.5 Å². The molecule has 0 bridgehead atoms. The Labute approximate surface area is 113 Å². The SMILES string of the molecule is Cc1[nH]nc(S(=O)(=O)N2CCN(C)CC2C)c1CN. The second kappa shape index (κ2) is 5.20. The highest BCUT2D eigenvalue weighted by molar-refractivity contribution is 7.89. The predicted molar refractivity (Wildman–Crippen MR) is 72.1 cm³/mol. The Morgan fingerprint density at radius 2 is 2.16 bits per heavy atom. The highest BCUT2D eigenvalue weighted by Gasteiger charge is 2.35. The van der Waals surface area contributed by atoms with Gasteiger partial charge in [-0.05, 0) is 20.9 Å². The van der Waals surface area contributed by atoms with Crippen LogP contribution in [0.15, 0.2) is 5.03 Å². The van der Waals surface area contributed by atoms with Crippen molar-refractivity contribution in [2.45, 2.75) is 31.5 Å². The van der Waals surface area contributed by atoms with Gasteiger partial charge in [0, 0.05) is 43.5 Å². The molecule has 0 radical (unpaired) electrons. The maximum atomic E-state index is 12.7. The summed E-state index contributed by atoms with van der Waals surface area (Å²) in [5.41, 5.74) is 6.91. The Morgan fingerprint density at radius 3 is 2.74 bits per heavy atom. The van der Waals surface area contributed by atoms with Gasteiger partial charge in [0.05, 0.1) is 0 Å². The maximum Gasteiger partial charge on any atom is 0.263 e. The molecule has 1 aromatic heterocycles. The number of nitrogens with one attached hydrogen (secondary N) is 1. The molecule has 0 amide bonds. The number of aromatic amines is 1. The average molecular weight is 287 g/mol. The van der Waals surface area contributed by atoms with Crippen LogP contribution in [0.2, 0.25) is 0 Å². The molecule has 1 aromatic rings. The van der Waals surface area contributed by atoms with Crippen molar-refractivity contribution in [2.24, 2.45) is 5.73 Å². The fourth-order valence-electron chi connectivity index (χ4n) is 2.47. The van der Waals surface area contributed by atoms with Crippen molar-refractivity contribution < 1.29 is 8.42 Å². The van der Waals surface area contributed by atoms with E-state index < -0.39 is 10.0 Å². The lowest BCUT2D eigenvalue weighted by Crippen LogP contribution is -2.52. The van der Waals surface area contributed by atoms with Crippen molar-refractivity contribution in [3.8, 4) is 0 Å². The van der Waals surface area contributed by atoms with Crippen molar-refractivity contribution in [3.05, 3.63) is 11.3 Å². The Kier molecular flexibility index (Phi) is 3.95. The largest absolute Gasteiger partial charge is 0.326 e. The number of piperazine rings is 1. The van der Waals surface area contributed by atoms with Crippen LogP contribution >= 0.6 is 0 Å². The van der Waals surface area contributed by atoms with Gasteiger partial charge < -0.3 is 10.6 Å². The van der Waals surface area contributed by atoms with E-state index in [9.17, 15) is 8.42 Å². The molecule has 2 rings (SSSR count). The summed E-state index contributed by atoms with van der Waals surface area (Å²) >= 11 is 0. The Bertz CT molecular complexity index is 553. The molecule has 1 aliphatic heterocycles. The minimum atomic E-state index is -3.57. The first-order valence-electron chi connectivity index (χ1n) is 6.32. The molecular weight excluding hydrogens is 266 g/mol. The van der Waals surface area contributed by atoms with Gasteiger partial charge in [0.15, 0.2) is 5.03 Å². The van der Waals surface area contributed by atoms with Crippen molar-refractivity contribution in [3.63, 3.8) is 0 Å². The van der Waals surface area contributed by atoms with E-state index in [2.05, 4.69) is 15.1 Å². The van der Waals surface area contributed by atoms with E-state index >= 15 is 0 Å². The molecule has 19 heavy (non-hydrogen) atoms. The number of nitrogens with two attached hydrogens (primary N) is 1. The summed E-state index contributed by atoms with van der Waals surface area (Å²) in [6, 6.07) is -0.0635. The van der Waals surface area contributed by atoms with Crippen LogP contribution in [-0.2, 0) is 16.6 Å². The molecule has 0 saturated carbocycles. The fourth-order valence-corrected chi connectivity index (χ4v) is 4.27. The summed E-state index contributed by atoms with van der Waals surface area (Å²) < 4.78 is 26.8. The molecule has 1 atom stereocenters. The lowest BCUT2D eigenvalue weighted by molar-refractivity contribution is 0.170. The van der Waals surface area contributed by atoms with E-state index in [4.69, 9.17) is 5.73 Å². The lowest BCUT2D eigenvalue weighted by Gasteiger charge is -2.36. The quantitative estimate of drug-likeness (QED) is 0.781. The van der Waals surface area contributed by atoms with Crippen molar-refractivity contribution in [1.82, 2.24) is 19.4 Å². The highest BCUT2D eigenvalue weighted by atomic mass is 32.2. The summed E-state index contributed by atoms with van der Waals surface area (Å²) in [6.45, 7) is 5.79. The third kappa shape index (κ3) is 2.53. The van der Waals surface area contributed by atoms with Crippen LogP contribution in [0.3, 0.4) is 0 Å². The number of nitrogens with zero attached hydrogens (tertiary/aromatic N) is 3. The topological polar surface area (TPSA) is 95.3 Å². The summed E-state index contributed by atoms with van der Waals surface area (Å²) in [7, 11) is -1.58. The average Bonchev–Trinajstić information content (AvgIpc) is 2.70. The molecule has 2 heterocycles. The van der Waals surface area contributed by atoms with Gasteiger partial charge in [-0.2, -0.15) is 9.40 Å². The summed E-state index contributed by atoms with van der Waals surface area (Å²) in [5, 5.41) is 6.72. The number of likely N-dealkylation sites (N-methyl/N-ethyl adjacent to an activating group) is 1. The van der Waals surface area contributed by atoms with E-state index in [1.807, 2.05) is 14.0 Å². The van der Waals surface area contributed by atoms with Gasteiger partial charge in [0.1, 0.15) is 0 Å². The first kappa shape index (κ1) is 14.4. The smallest absolute Gasteiger partial charge is 0.263 e. The Hall–Kier alpha value is -0.960. The lowest BCUT2D eigenvalue weighted by atomic mass is 10.2. The molecule has 1 fully saturated rings. The van der Waals surface area contributed by atoms with Gasteiger partial charge in [-0.15, -0.1) is 0 Å². The predicted octanol–water partition coefficient (Wildman–Crippen LogP) is -0.499.